The van der Waals surface area contributed by atoms with E-state index in [0.29, 0.717) is 23.2 Å². The number of carbonyl (C=O) groups is 1. The lowest BCUT2D eigenvalue weighted by atomic mass is 10.1. The Morgan fingerprint density at radius 1 is 0.966 bits per heavy atom. The molecule has 4 rings (SSSR count). The van der Waals surface area contributed by atoms with Crippen molar-refractivity contribution in [3.8, 4) is 0 Å². The number of aromatic nitrogens is 2. The smallest absolute Gasteiger partial charge is 0.261 e. The Labute approximate surface area is 170 Å². The monoisotopic (exact) mass is 399 g/mol. The number of rotatable bonds is 6. The van der Waals surface area contributed by atoms with Crippen LogP contribution in [0.25, 0.3) is 10.9 Å². The normalized spacial score (nSPS) is 18.6. The standard InChI is InChI=1S/C21H29N5O3/c27-14-13-26-16-22-19-15-17(4-5-18(19)21(26)29)24-10-7-23(8-11-24)9-12-25-6-2-1-3-20(25)28/h4-5,15-16,27H,1-3,6-14H2. The lowest BCUT2D eigenvalue weighted by Gasteiger charge is -2.37. The number of hydrogen-bond acceptors (Lipinski definition) is 6. The molecule has 2 aliphatic rings. The topological polar surface area (TPSA) is 81.9 Å². The van der Waals surface area contributed by atoms with Gasteiger partial charge in [-0.3, -0.25) is 19.1 Å². The molecule has 2 aromatic rings. The number of likely N-dealkylation sites (tertiary alicyclic amines) is 1. The molecule has 1 aromatic heterocycles. The van der Waals surface area contributed by atoms with E-state index >= 15 is 0 Å². The fourth-order valence-corrected chi connectivity index (χ4v) is 4.20. The van der Waals surface area contributed by atoms with E-state index in [4.69, 9.17) is 5.11 Å². The van der Waals surface area contributed by atoms with Crippen molar-refractivity contribution >= 4 is 22.5 Å². The predicted octanol–water partition coefficient (Wildman–Crippen LogP) is 0.523. The largest absolute Gasteiger partial charge is 0.395 e. The highest BCUT2D eigenvalue weighted by molar-refractivity contribution is 5.81. The van der Waals surface area contributed by atoms with E-state index in [0.717, 1.165) is 64.3 Å². The number of anilines is 1. The van der Waals surface area contributed by atoms with E-state index in [2.05, 4.69) is 14.8 Å². The number of piperidine rings is 1. The third kappa shape index (κ3) is 4.43. The van der Waals surface area contributed by atoms with Crippen molar-refractivity contribution in [1.82, 2.24) is 19.4 Å². The minimum Gasteiger partial charge on any atom is -0.395 e. The third-order valence-corrected chi connectivity index (χ3v) is 5.99. The number of aliphatic hydroxyl groups excluding tert-OH is 1. The Bertz CT molecular complexity index is 920. The molecule has 0 unspecified atom stereocenters. The Morgan fingerprint density at radius 2 is 1.79 bits per heavy atom. The van der Waals surface area contributed by atoms with E-state index in [9.17, 15) is 9.59 Å². The highest BCUT2D eigenvalue weighted by atomic mass is 16.3. The van der Waals surface area contributed by atoms with Gasteiger partial charge in [0.1, 0.15) is 0 Å². The number of carbonyl (C=O) groups excluding carboxylic acids is 1. The van der Waals surface area contributed by atoms with Gasteiger partial charge in [0.05, 0.1) is 30.4 Å². The average molecular weight is 399 g/mol. The fraction of sp³-hybridized carbons (Fsp3) is 0.571. The summed E-state index contributed by atoms with van der Waals surface area (Å²) in [4.78, 5) is 35.5. The van der Waals surface area contributed by atoms with E-state index in [1.54, 1.807) is 0 Å². The quantitative estimate of drug-likeness (QED) is 0.763. The molecule has 2 fully saturated rings. The van der Waals surface area contributed by atoms with Crippen LogP contribution in [0.4, 0.5) is 5.69 Å². The van der Waals surface area contributed by atoms with Crippen LogP contribution in [0.5, 0.6) is 0 Å². The number of benzene rings is 1. The van der Waals surface area contributed by atoms with Crippen molar-refractivity contribution < 1.29 is 9.90 Å². The molecular formula is C21H29N5O3. The van der Waals surface area contributed by atoms with Gasteiger partial charge in [0.25, 0.3) is 5.56 Å². The second-order valence-electron chi connectivity index (χ2n) is 7.83. The molecule has 156 valence electrons. The van der Waals surface area contributed by atoms with Gasteiger partial charge < -0.3 is 14.9 Å². The van der Waals surface area contributed by atoms with Gasteiger partial charge in [-0.15, -0.1) is 0 Å². The molecule has 1 N–H and O–H groups in total. The van der Waals surface area contributed by atoms with Gasteiger partial charge >= 0.3 is 0 Å². The number of nitrogens with zero attached hydrogens (tertiary/aromatic N) is 5. The Morgan fingerprint density at radius 3 is 2.55 bits per heavy atom. The van der Waals surface area contributed by atoms with Crippen LogP contribution < -0.4 is 10.5 Å². The first kappa shape index (κ1) is 19.8. The SMILES string of the molecule is O=C1CCCCN1CCN1CCN(c2ccc3c(=O)n(CCO)cnc3c2)CC1. The summed E-state index contributed by atoms with van der Waals surface area (Å²) in [7, 11) is 0. The molecule has 1 aromatic carbocycles. The van der Waals surface area contributed by atoms with Gasteiger partial charge in [-0.25, -0.2) is 4.98 Å². The van der Waals surface area contributed by atoms with E-state index in [-0.39, 0.29) is 18.7 Å². The molecule has 1 amide bonds. The zero-order chi connectivity index (χ0) is 20.2. The van der Waals surface area contributed by atoms with Crippen LogP contribution in [-0.2, 0) is 11.3 Å². The molecule has 8 nitrogen and oxygen atoms in total. The van der Waals surface area contributed by atoms with Gasteiger partial charge in [-0.2, -0.15) is 0 Å². The third-order valence-electron chi connectivity index (χ3n) is 5.99. The van der Waals surface area contributed by atoms with Crippen molar-refractivity contribution in [3.05, 3.63) is 34.9 Å². The highest BCUT2D eigenvalue weighted by Crippen LogP contribution is 2.20. The van der Waals surface area contributed by atoms with Crippen molar-refractivity contribution in [2.45, 2.75) is 25.8 Å². The molecule has 0 aliphatic carbocycles. The summed E-state index contributed by atoms with van der Waals surface area (Å²) in [6, 6.07) is 5.79. The van der Waals surface area contributed by atoms with Crippen LogP contribution in [0.1, 0.15) is 19.3 Å². The minimum atomic E-state index is -0.118. The molecule has 0 radical (unpaired) electrons. The number of fused-ring (bicyclic) bond motifs is 1. The van der Waals surface area contributed by atoms with Gasteiger partial charge in [-0.05, 0) is 31.0 Å². The first-order valence-corrected chi connectivity index (χ1v) is 10.5. The first-order chi connectivity index (χ1) is 14.2. The minimum absolute atomic E-state index is 0.0820. The van der Waals surface area contributed by atoms with Gasteiger partial charge in [0.15, 0.2) is 0 Å². The van der Waals surface area contributed by atoms with Crippen LogP contribution in [0.2, 0.25) is 0 Å². The van der Waals surface area contributed by atoms with Crippen LogP contribution in [0, 0.1) is 0 Å². The summed E-state index contributed by atoms with van der Waals surface area (Å²) in [5.41, 5.74) is 1.65. The lowest BCUT2D eigenvalue weighted by molar-refractivity contribution is -0.133. The average Bonchev–Trinajstić information content (AvgIpc) is 2.75. The summed E-state index contributed by atoms with van der Waals surface area (Å²) >= 11 is 0. The number of aliphatic hydroxyl groups is 1. The van der Waals surface area contributed by atoms with Crippen molar-refractivity contribution in [3.63, 3.8) is 0 Å². The van der Waals surface area contributed by atoms with Gasteiger partial charge in [0, 0.05) is 57.9 Å². The maximum atomic E-state index is 12.4. The molecule has 2 saturated heterocycles. The van der Waals surface area contributed by atoms with Gasteiger partial charge in [0.2, 0.25) is 5.91 Å². The number of hydrogen-bond donors (Lipinski definition) is 1. The van der Waals surface area contributed by atoms with E-state index < -0.39 is 0 Å². The van der Waals surface area contributed by atoms with Crippen LogP contribution in [0.15, 0.2) is 29.3 Å². The summed E-state index contributed by atoms with van der Waals surface area (Å²) in [6.45, 7) is 6.61. The van der Waals surface area contributed by atoms with E-state index in [1.807, 2.05) is 23.1 Å². The van der Waals surface area contributed by atoms with Crippen LogP contribution in [-0.4, -0.2) is 82.8 Å². The first-order valence-electron chi connectivity index (χ1n) is 10.5. The maximum Gasteiger partial charge on any atom is 0.261 e. The molecular weight excluding hydrogens is 370 g/mol. The fourth-order valence-electron chi connectivity index (χ4n) is 4.20. The molecule has 8 heteroatoms. The Kier molecular flexibility index (Phi) is 6.10. The van der Waals surface area contributed by atoms with E-state index in [1.165, 1.54) is 10.9 Å². The van der Waals surface area contributed by atoms with Crippen LogP contribution >= 0.6 is 0 Å². The molecule has 0 spiro atoms. The number of amides is 1. The van der Waals surface area contributed by atoms with Crippen molar-refractivity contribution in [2.75, 3.05) is 57.3 Å². The van der Waals surface area contributed by atoms with Gasteiger partial charge in [-0.1, -0.05) is 0 Å². The molecule has 0 saturated carbocycles. The van der Waals surface area contributed by atoms with Crippen molar-refractivity contribution in [1.29, 1.82) is 0 Å². The lowest BCUT2D eigenvalue weighted by Crippen LogP contribution is -2.49. The molecule has 0 atom stereocenters. The Hall–Kier alpha value is -2.45. The zero-order valence-corrected chi connectivity index (χ0v) is 16.8. The summed E-state index contributed by atoms with van der Waals surface area (Å²) < 4.78 is 1.44. The Balaban J connectivity index is 1.35. The van der Waals surface area contributed by atoms with Crippen molar-refractivity contribution in [2.24, 2.45) is 0 Å². The predicted molar refractivity (Wildman–Crippen MR) is 112 cm³/mol. The maximum absolute atomic E-state index is 12.4. The molecule has 3 heterocycles. The van der Waals surface area contributed by atoms with Crippen LogP contribution in [0.3, 0.4) is 0 Å². The second kappa shape index (κ2) is 8.92. The second-order valence-corrected chi connectivity index (χ2v) is 7.83. The zero-order valence-electron chi connectivity index (χ0n) is 16.8. The molecule has 0 bridgehead atoms. The highest BCUT2D eigenvalue weighted by Gasteiger charge is 2.21. The molecule has 2 aliphatic heterocycles. The number of piperazine rings is 1. The summed E-state index contributed by atoms with van der Waals surface area (Å²) in [6.07, 6.45) is 4.36. The summed E-state index contributed by atoms with van der Waals surface area (Å²) in [5.74, 6) is 0.302. The summed E-state index contributed by atoms with van der Waals surface area (Å²) in [5, 5.41) is 9.64. The molecule has 29 heavy (non-hydrogen) atoms.